The second-order valence-corrected chi connectivity index (χ2v) is 9.35. The Morgan fingerprint density at radius 2 is 2.06 bits per heavy atom. The molecule has 2 heterocycles. The van der Waals surface area contributed by atoms with Crippen LogP contribution in [0.2, 0.25) is 0 Å². The number of anilines is 1. The maximum Gasteiger partial charge on any atom is 0.341 e. The minimum atomic E-state index is -0.360. The van der Waals surface area contributed by atoms with Gasteiger partial charge in [-0.15, -0.1) is 21.5 Å². The number of nitrogens with zero attached hydrogens (tertiary/aromatic N) is 3. The summed E-state index contributed by atoms with van der Waals surface area (Å²) in [5, 5.41) is 12.7. The number of carbonyl (C=O) groups excluding carboxylic acids is 2. The monoisotopic (exact) mass is 456 g/mol. The fourth-order valence-corrected chi connectivity index (χ4v) is 5.71. The van der Waals surface area contributed by atoms with Crippen molar-refractivity contribution in [2.75, 3.05) is 17.7 Å². The number of hydrogen-bond acceptors (Lipinski definition) is 7. The molecule has 0 unspecified atom stereocenters. The van der Waals surface area contributed by atoms with Crippen LogP contribution in [-0.2, 0) is 29.4 Å². The van der Waals surface area contributed by atoms with Crippen molar-refractivity contribution in [3.05, 3.63) is 45.8 Å². The predicted octanol–water partition coefficient (Wildman–Crippen LogP) is 4.25. The van der Waals surface area contributed by atoms with Crippen molar-refractivity contribution in [2.45, 2.75) is 38.3 Å². The first-order chi connectivity index (χ1) is 15.0. The van der Waals surface area contributed by atoms with Crippen LogP contribution < -0.4 is 5.32 Å². The zero-order valence-corrected chi connectivity index (χ0v) is 19.4. The zero-order valence-electron chi connectivity index (χ0n) is 17.7. The maximum atomic E-state index is 12.7. The van der Waals surface area contributed by atoms with E-state index in [4.69, 9.17) is 4.74 Å². The summed E-state index contributed by atoms with van der Waals surface area (Å²) >= 11 is 2.80. The van der Waals surface area contributed by atoms with Crippen molar-refractivity contribution in [3.8, 4) is 11.4 Å². The number of ether oxygens (including phenoxy) is 1. The Hall–Kier alpha value is -2.65. The molecule has 0 aliphatic heterocycles. The van der Waals surface area contributed by atoms with Gasteiger partial charge in [-0.2, -0.15) is 0 Å². The van der Waals surface area contributed by atoms with Crippen LogP contribution in [0.4, 0.5) is 5.00 Å². The van der Waals surface area contributed by atoms with Crippen molar-refractivity contribution in [2.24, 2.45) is 7.05 Å². The number of hydrogen-bond donors (Lipinski definition) is 1. The van der Waals surface area contributed by atoms with Crippen LogP contribution in [0.3, 0.4) is 0 Å². The number of aryl methyl sites for hydroxylation is 2. The predicted molar refractivity (Wildman–Crippen MR) is 123 cm³/mol. The average molecular weight is 457 g/mol. The Kier molecular flexibility index (Phi) is 6.43. The highest BCUT2D eigenvalue weighted by Gasteiger charge is 2.28. The molecule has 7 nitrogen and oxygen atoms in total. The molecule has 9 heteroatoms. The van der Waals surface area contributed by atoms with Crippen LogP contribution in [0.1, 0.15) is 39.7 Å². The van der Waals surface area contributed by atoms with E-state index >= 15 is 0 Å². The Morgan fingerprint density at radius 1 is 1.26 bits per heavy atom. The molecule has 1 aromatic carbocycles. The molecular weight excluding hydrogens is 432 g/mol. The molecule has 0 bridgehead atoms. The van der Waals surface area contributed by atoms with E-state index in [-0.39, 0.29) is 17.6 Å². The fraction of sp³-hybridized carbons (Fsp3) is 0.364. The third-order valence-corrected chi connectivity index (χ3v) is 7.43. The summed E-state index contributed by atoms with van der Waals surface area (Å²) in [5.74, 6) is 0.391. The lowest BCUT2D eigenvalue weighted by molar-refractivity contribution is -0.113. The first kappa shape index (κ1) is 21.6. The van der Waals surface area contributed by atoms with Crippen LogP contribution >= 0.6 is 23.1 Å². The quantitative estimate of drug-likeness (QED) is 0.423. The number of nitrogens with one attached hydrogen (secondary N) is 1. The number of benzene rings is 1. The highest BCUT2D eigenvalue weighted by Crippen LogP contribution is 2.39. The minimum absolute atomic E-state index is 0.171. The first-order valence-electron chi connectivity index (χ1n) is 10.2. The van der Waals surface area contributed by atoms with E-state index in [2.05, 4.69) is 15.5 Å². The lowest BCUT2D eigenvalue weighted by Crippen LogP contribution is -2.17. The molecule has 1 amide bonds. The Balaban J connectivity index is 1.45. The van der Waals surface area contributed by atoms with Gasteiger partial charge in [0.2, 0.25) is 5.91 Å². The third-order valence-electron chi connectivity index (χ3n) is 5.21. The average Bonchev–Trinajstić information content (AvgIpc) is 3.42. The first-order valence-corrected chi connectivity index (χ1v) is 12.0. The van der Waals surface area contributed by atoms with E-state index in [1.165, 1.54) is 28.0 Å². The largest absolute Gasteiger partial charge is 0.462 e. The molecule has 0 saturated carbocycles. The SMILES string of the molecule is CCOC(=O)c1c(NC(=O)CSc2nnc(-c3ccccc3C)n2C)sc2c1CCC2. The minimum Gasteiger partial charge on any atom is -0.462 e. The third kappa shape index (κ3) is 4.38. The normalized spacial score (nSPS) is 12.6. The molecule has 0 spiro atoms. The molecule has 0 radical (unpaired) electrons. The lowest BCUT2D eigenvalue weighted by atomic mass is 10.1. The summed E-state index contributed by atoms with van der Waals surface area (Å²) in [7, 11) is 1.89. The zero-order chi connectivity index (χ0) is 22.0. The molecule has 162 valence electrons. The van der Waals surface area contributed by atoms with Crippen LogP contribution in [0.15, 0.2) is 29.4 Å². The van der Waals surface area contributed by atoms with E-state index < -0.39 is 0 Å². The molecule has 31 heavy (non-hydrogen) atoms. The number of thioether (sulfide) groups is 1. The van der Waals surface area contributed by atoms with Crippen molar-refractivity contribution in [1.29, 1.82) is 0 Å². The van der Waals surface area contributed by atoms with Gasteiger partial charge in [0, 0.05) is 17.5 Å². The molecular formula is C22H24N4O3S2. The molecule has 4 rings (SSSR count). The molecule has 1 N–H and O–H groups in total. The van der Waals surface area contributed by atoms with Gasteiger partial charge < -0.3 is 14.6 Å². The maximum absolute atomic E-state index is 12.7. The van der Waals surface area contributed by atoms with Gasteiger partial charge in [-0.05, 0) is 44.2 Å². The Labute approximate surface area is 189 Å². The Bertz CT molecular complexity index is 1140. The van der Waals surface area contributed by atoms with Crippen LogP contribution in [0.25, 0.3) is 11.4 Å². The number of amides is 1. The van der Waals surface area contributed by atoms with E-state index in [0.717, 1.165) is 41.8 Å². The van der Waals surface area contributed by atoms with Crippen molar-refractivity contribution in [1.82, 2.24) is 14.8 Å². The highest BCUT2D eigenvalue weighted by molar-refractivity contribution is 7.99. The van der Waals surface area contributed by atoms with E-state index in [1.54, 1.807) is 6.92 Å². The molecule has 1 aliphatic rings. The van der Waals surface area contributed by atoms with Gasteiger partial charge >= 0.3 is 5.97 Å². The topological polar surface area (TPSA) is 86.1 Å². The van der Waals surface area contributed by atoms with Gasteiger partial charge in [0.25, 0.3) is 0 Å². The summed E-state index contributed by atoms with van der Waals surface area (Å²) in [6, 6.07) is 7.99. The van der Waals surface area contributed by atoms with Gasteiger partial charge in [-0.25, -0.2) is 4.79 Å². The summed E-state index contributed by atoms with van der Waals surface area (Å²) in [4.78, 5) is 26.3. The van der Waals surface area contributed by atoms with Crippen molar-refractivity contribution in [3.63, 3.8) is 0 Å². The van der Waals surface area contributed by atoms with Gasteiger partial charge in [0.1, 0.15) is 5.00 Å². The highest BCUT2D eigenvalue weighted by atomic mass is 32.2. The lowest BCUT2D eigenvalue weighted by Gasteiger charge is -2.08. The Morgan fingerprint density at radius 3 is 2.84 bits per heavy atom. The van der Waals surface area contributed by atoms with Crippen molar-refractivity contribution < 1.29 is 14.3 Å². The van der Waals surface area contributed by atoms with Crippen LogP contribution in [0, 0.1) is 6.92 Å². The van der Waals surface area contributed by atoms with E-state index in [9.17, 15) is 9.59 Å². The van der Waals surface area contributed by atoms with E-state index in [1.807, 2.05) is 42.8 Å². The number of esters is 1. The fourth-order valence-electron chi connectivity index (χ4n) is 3.70. The van der Waals surface area contributed by atoms with Gasteiger partial charge in [0.05, 0.1) is 17.9 Å². The second kappa shape index (κ2) is 9.23. The summed E-state index contributed by atoms with van der Waals surface area (Å²) in [6.45, 7) is 4.12. The summed E-state index contributed by atoms with van der Waals surface area (Å²) < 4.78 is 7.12. The molecule has 1 aliphatic carbocycles. The van der Waals surface area contributed by atoms with E-state index in [0.29, 0.717) is 22.3 Å². The second-order valence-electron chi connectivity index (χ2n) is 7.30. The van der Waals surface area contributed by atoms with Gasteiger partial charge in [-0.1, -0.05) is 36.0 Å². The van der Waals surface area contributed by atoms with Crippen LogP contribution in [0.5, 0.6) is 0 Å². The molecule has 0 fully saturated rings. The standard InChI is InChI=1S/C22H24N4O3S2/c1-4-29-21(28)18-15-10-7-11-16(15)31-20(18)23-17(27)12-30-22-25-24-19(26(22)3)14-9-6-5-8-13(14)2/h5-6,8-9H,4,7,10-12H2,1-3H3,(H,23,27). The molecule has 0 saturated heterocycles. The molecule has 3 aromatic rings. The van der Waals surface area contributed by atoms with Crippen LogP contribution in [-0.4, -0.2) is 39.0 Å². The smallest absolute Gasteiger partial charge is 0.341 e. The molecule has 0 atom stereocenters. The van der Waals surface area contributed by atoms with Crippen molar-refractivity contribution >= 4 is 40.0 Å². The number of fused-ring (bicyclic) bond motifs is 1. The summed E-state index contributed by atoms with van der Waals surface area (Å²) in [6.07, 6.45) is 2.83. The number of rotatable bonds is 7. The number of carbonyl (C=O) groups is 2. The number of thiophene rings is 1. The molecule has 2 aromatic heterocycles. The van der Waals surface area contributed by atoms with Gasteiger partial charge in [0.15, 0.2) is 11.0 Å². The number of aromatic nitrogens is 3. The van der Waals surface area contributed by atoms with Gasteiger partial charge in [-0.3, -0.25) is 4.79 Å². The summed E-state index contributed by atoms with van der Waals surface area (Å²) in [5.41, 5.74) is 3.69.